The number of likely N-dealkylation sites (N-methyl/N-ethyl adjacent to an activating group) is 5. The number of aryl methyl sites for hydroxylation is 1. The summed E-state index contributed by atoms with van der Waals surface area (Å²) >= 11 is 6.16. The lowest BCUT2D eigenvalue weighted by atomic mass is 9.84. The summed E-state index contributed by atoms with van der Waals surface area (Å²) in [7, 11) is 7.23. The molecule has 4 heterocycles. The lowest BCUT2D eigenvalue weighted by Gasteiger charge is -2.44. The fraction of sp³-hybridized carbons (Fsp3) is 0.722. The molecule has 8 rings (SSSR count). The third kappa shape index (κ3) is 18.3. The van der Waals surface area contributed by atoms with Gasteiger partial charge in [-0.1, -0.05) is 115 Å². The molecule has 1 spiro atoms. The van der Waals surface area contributed by atoms with Gasteiger partial charge in [0.05, 0.1) is 23.6 Å². The molecular formula is C72H106ClF3N12O12. The van der Waals surface area contributed by atoms with Crippen molar-refractivity contribution in [3.05, 3.63) is 46.5 Å². The number of hydrogen-bond donors (Lipinski definition) is 4. The van der Waals surface area contributed by atoms with Crippen molar-refractivity contribution in [2.75, 3.05) is 68.0 Å². The zero-order valence-electron chi connectivity index (χ0n) is 59.7. The predicted octanol–water partition coefficient (Wildman–Crippen LogP) is 5.90. The van der Waals surface area contributed by atoms with E-state index in [1.165, 1.54) is 77.6 Å². The molecule has 28 heteroatoms. The Labute approximate surface area is 591 Å². The van der Waals surface area contributed by atoms with Gasteiger partial charge in [-0.15, -0.1) is 0 Å². The highest BCUT2D eigenvalue weighted by molar-refractivity contribution is 6.31. The van der Waals surface area contributed by atoms with Gasteiger partial charge in [-0.2, -0.15) is 13.2 Å². The van der Waals surface area contributed by atoms with Gasteiger partial charge in [0.1, 0.15) is 59.9 Å². The smallest absolute Gasteiger partial charge is 0.343 e. The number of carbonyl (C=O) groups excluding carboxylic acids is 12. The van der Waals surface area contributed by atoms with E-state index in [1.807, 2.05) is 6.92 Å². The maximum absolute atomic E-state index is 15.6. The second kappa shape index (κ2) is 34.6. The van der Waals surface area contributed by atoms with Crippen LogP contribution in [0.2, 0.25) is 5.02 Å². The standard InChI is InChI=1S/C72H106ClF3N12O12/c1-10-12-14-27-52-61(91)79-59(44(3)11-2)63(93)77-45(4)64(94)88-39-33-54(88)67(97)83(7)55(41-46-23-15-13-16-24-46)66(96)81(5)43-57(89)78-51(32-30-47-29-31-49(50(73)40-47)72(74,75)76)65(95)87-38-21-28-53(87)62(92)80-71(34-19-20-35-71)70(100)85(9)60(48-25-17-18-26-48)69(99)84(8)56(42-58(90)82(52)6)68(98)86-36-22-37-86/h29,31,40,45-46,48,51-56,59-60H,3,10-28,30,32-39,41-43H2,1-2,4-9H3,(H,77,93)(H,78,89)(H,79,91)(H,80,92)/t45-,51-,52-,53-,54-,55-,56-,59-,60-/m0/s1. The predicted molar refractivity (Wildman–Crippen MR) is 367 cm³/mol. The van der Waals surface area contributed by atoms with Crippen LogP contribution >= 0.6 is 11.6 Å². The van der Waals surface area contributed by atoms with Crippen LogP contribution < -0.4 is 21.3 Å². The van der Waals surface area contributed by atoms with Crippen molar-refractivity contribution < 1.29 is 70.7 Å². The summed E-state index contributed by atoms with van der Waals surface area (Å²) in [5, 5.41) is 10.8. The Morgan fingerprint density at radius 1 is 0.640 bits per heavy atom. The molecule has 7 aliphatic rings. The molecule has 0 radical (unpaired) electrons. The normalized spacial score (nSPS) is 28.0. The molecular weight excluding hydrogens is 1320 g/mol. The van der Waals surface area contributed by atoms with Crippen LogP contribution in [-0.4, -0.2) is 238 Å². The van der Waals surface area contributed by atoms with E-state index in [2.05, 4.69) is 27.8 Å². The largest absolute Gasteiger partial charge is 0.417 e. The van der Waals surface area contributed by atoms with Gasteiger partial charge in [0.15, 0.2) is 0 Å². The molecule has 7 fully saturated rings. The average molecular weight is 1420 g/mol. The van der Waals surface area contributed by atoms with Crippen molar-refractivity contribution in [2.24, 2.45) is 11.8 Å². The molecule has 0 unspecified atom stereocenters. The number of nitrogens with zero attached hydrogens (tertiary/aromatic N) is 8. The fourth-order valence-corrected chi connectivity index (χ4v) is 16.2. The summed E-state index contributed by atoms with van der Waals surface area (Å²) in [4.78, 5) is 190. The highest BCUT2D eigenvalue weighted by Crippen LogP contribution is 2.39. The van der Waals surface area contributed by atoms with Crippen LogP contribution in [-0.2, 0) is 70.1 Å². The SMILES string of the molecule is C=C(CC)[C@@H]1NC(=O)[C@H](CCCCC)N(C)C(=O)C[C@@H](C(=O)N2CCC2)N(C)C(=O)[C@H](C2CCCC2)N(C)C(=O)C2(CCCC2)NC(=O)[C@@H]2CCCN2C(=O)[C@H](CCc2ccc(C(F)(F)F)c(Cl)c2)NC(=O)CN(C)C(=O)[C@H](CC2CCCCC2)N(C)C(=O)[C@@H]2CCN2C(=O)[C@H](C)NC1=O. The van der Waals surface area contributed by atoms with Crippen molar-refractivity contribution in [1.82, 2.24) is 60.5 Å². The van der Waals surface area contributed by atoms with E-state index in [1.54, 1.807) is 11.8 Å². The minimum absolute atomic E-state index is 0.0196. The molecule has 0 aromatic heterocycles. The number of rotatable bonds is 13. The van der Waals surface area contributed by atoms with Gasteiger partial charge >= 0.3 is 6.18 Å². The van der Waals surface area contributed by atoms with E-state index < -0.39 is 166 Å². The van der Waals surface area contributed by atoms with E-state index in [0.717, 1.165) is 68.4 Å². The third-order valence-electron chi connectivity index (χ3n) is 22.3. The van der Waals surface area contributed by atoms with Crippen LogP contribution in [0.1, 0.15) is 192 Å². The van der Waals surface area contributed by atoms with Gasteiger partial charge in [-0.05, 0) is 125 Å². The summed E-state index contributed by atoms with van der Waals surface area (Å²) in [6.07, 6.45) is 6.64. The maximum atomic E-state index is 15.6. The first-order chi connectivity index (χ1) is 47.4. The number of hydrogen-bond acceptors (Lipinski definition) is 12. The summed E-state index contributed by atoms with van der Waals surface area (Å²) in [5.41, 5.74) is -2.05. The highest BCUT2D eigenvalue weighted by atomic mass is 35.5. The number of fused-ring (bicyclic) bond motifs is 2. The van der Waals surface area contributed by atoms with E-state index in [9.17, 15) is 51.5 Å². The fourth-order valence-electron chi connectivity index (χ4n) is 15.8. The van der Waals surface area contributed by atoms with Crippen molar-refractivity contribution in [3.8, 4) is 0 Å². The Morgan fingerprint density at radius 2 is 1.30 bits per heavy atom. The number of unbranched alkanes of at least 4 members (excludes halogenated alkanes) is 2. The van der Waals surface area contributed by atoms with Crippen LogP contribution in [0.4, 0.5) is 13.2 Å². The summed E-state index contributed by atoms with van der Waals surface area (Å²) in [6.45, 7) is 9.55. The lowest BCUT2D eigenvalue weighted by molar-refractivity contribution is -0.158. The maximum Gasteiger partial charge on any atom is 0.417 e. The number of amides is 12. The molecule has 12 amide bonds. The van der Waals surface area contributed by atoms with Gasteiger partial charge in [-0.25, -0.2) is 0 Å². The van der Waals surface area contributed by atoms with Crippen LogP contribution in [0, 0.1) is 11.8 Å². The van der Waals surface area contributed by atoms with E-state index in [4.69, 9.17) is 11.6 Å². The Hall–Kier alpha value is -7.32. The van der Waals surface area contributed by atoms with E-state index >= 15 is 19.2 Å². The molecule has 1 aromatic rings. The molecule has 3 saturated carbocycles. The quantitative estimate of drug-likeness (QED) is 0.133. The molecule has 100 heavy (non-hydrogen) atoms. The van der Waals surface area contributed by atoms with Crippen LogP contribution in [0.5, 0.6) is 0 Å². The lowest BCUT2D eigenvalue weighted by Crippen LogP contribution is -2.65. The van der Waals surface area contributed by atoms with Crippen LogP contribution in [0.3, 0.4) is 0 Å². The van der Waals surface area contributed by atoms with Crippen LogP contribution in [0.15, 0.2) is 30.4 Å². The van der Waals surface area contributed by atoms with Gasteiger partial charge < -0.3 is 60.5 Å². The summed E-state index contributed by atoms with van der Waals surface area (Å²) < 4.78 is 41.6. The molecule has 4 aliphatic heterocycles. The Kier molecular flexibility index (Phi) is 27.1. The van der Waals surface area contributed by atoms with Gasteiger partial charge in [0.25, 0.3) is 0 Å². The third-order valence-corrected chi connectivity index (χ3v) is 22.7. The Bertz CT molecular complexity index is 3210. The minimum atomic E-state index is -4.76. The van der Waals surface area contributed by atoms with Crippen molar-refractivity contribution in [3.63, 3.8) is 0 Å². The zero-order valence-corrected chi connectivity index (χ0v) is 60.5. The summed E-state index contributed by atoms with van der Waals surface area (Å²) in [6, 6.07) is -8.01. The second-order valence-corrected chi connectivity index (χ2v) is 29.5. The van der Waals surface area contributed by atoms with Gasteiger partial charge in [0.2, 0.25) is 70.9 Å². The number of carbonyl (C=O) groups is 12. The van der Waals surface area contributed by atoms with Crippen molar-refractivity contribution >= 4 is 82.5 Å². The van der Waals surface area contributed by atoms with Gasteiger partial charge in [-0.3, -0.25) is 57.5 Å². The highest BCUT2D eigenvalue weighted by Gasteiger charge is 2.52. The van der Waals surface area contributed by atoms with E-state index in [0.29, 0.717) is 70.0 Å². The van der Waals surface area contributed by atoms with Crippen LogP contribution in [0.25, 0.3) is 0 Å². The first-order valence-electron chi connectivity index (χ1n) is 36.4. The van der Waals surface area contributed by atoms with Crippen molar-refractivity contribution in [1.29, 1.82) is 0 Å². The molecule has 3 aliphatic carbocycles. The molecule has 9 atom stereocenters. The molecule has 0 bridgehead atoms. The number of benzene rings is 1. The molecule has 554 valence electrons. The average Bonchev–Trinajstić information content (AvgIpc) is 1.32. The molecule has 1 aromatic carbocycles. The zero-order chi connectivity index (χ0) is 73.1. The molecule has 4 saturated heterocycles. The number of halogens is 4. The number of likely N-dealkylation sites (tertiary alicyclic amines) is 1. The Balaban J connectivity index is 1.16. The monoisotopic (exact) mass is 1420 g/mol. The Morgan fingerprint density at radius 3 is 1.90 bits per heavy atom. The second-order valence-electron chi connectivity index (χ2n) is 29.1. The first-order valence-corrected chi connectivity index (χ1v) is 36.8. The molecule has 4 N–H and O–H groups in total. The topological polar surface area (TPSA) is 279 Å². The van der Waals surface area contributed by atoms with Gasteiger partial charge in [0, 0.05) is 61.4 Å². The number of alkyl halides is 3. The number of nitrogens with one attached hydrogen (secondary N) is 4. The minimum Gasteiger partial charge on any atom is -0.343 e. The van der Waals surface area contributed by atoms with E-state index in [-0.39, 0.29) is 82.4 Å². The first kappa shape index (κ1) is 78.4. The summed E-state index contributed by atoms with van der Waals surface area (Å²) in [5.74, 6) is -8.16. The van der Waals surface area contributed by atoms with Crippen molar-refractivity contribution in [2.45, 2.75) is 254 Å². The molecule has 24 nitrogen and oxygen atoms in total.